The summed E-state index contributed by atoms with van der Waals surface area (Å²) in [5.74, 6) is 1.77. The van der Waals surface area contributed by atoms with Crippen LogP contribution in [0.4, 0.5) is 0 Å². The zero-order chi connectivity index (χ0) is 25.8. The smallest absolute Gasteiger partial charge is 0.335 e. The molecule has 200 valence electrons. The normalized spacial score (nSPS) is 52.0. The summed E-state index contributed by atoms with van der Waals surface area (Å²) in [5, 5.41) is 9.90. The van der Waals surface area contributed by atoms with E-state index >= 15 is 0 Å². The Labute approximate surface area is 216 Å². The summed E-state index contributed by atoms with van der Waals surface area (Å²) >= 11 is 0. The highest BCUT2D eigenvalue weighted by molar-refractivity contribution is 5.94. The molecule has 0 amide bonds. The molecule has 36 heavy (non-hydrogen) atoms. The van der Waals surface area contributed by atoms with Crippen LogP contribution in [0.5, 0.6) is 0 Å². The Hall–Kier alpha value is -1.36. The first-order chi connectivity index (χ1) is 16.9. The van der Waals surface area contributed by atoms with Crippen molar-refractivity contribution in [3.63, 3.8) is 0 Å². The van der Waals surface area contributed by atoms with Crippen LogP contribution in [-0.2, 0) is 19.1 Å². The number of esters is 2. The number of hydrogen-bond acceptors (Lipinski definition) is 5. The summed E-state index contributed by atoms with van der Waals surface area (Å²) in [6.07, 6.45) is 9.26. The summed E-state index contributed by atoms with van der Waals surface area (Å²) in [7, 11) is 0. The first kappa shape index (κ1) is 24.9. The van der Waals surface area contributed by atoms with Crippen LogP contribution in [0.2, 0.25) is 0 Å². The first-order valence-electron chi connectivity index (χ1n) is 14.7. The lowest BCUT2D eigenvalue weighted by Gasteiger charge is -2.69. The maximum atomic E-state index is 13.3. The highest BCUT2D eigenvalue weighted by atomic mass is 16.6. The van der Waals surface area contributed by atoms with Crippen LogP contribution in [0.3, 0.4) is 0 Å². The zero-order valence-corrected chi connectivity index (χ0v) is 23.2. The highest BCUT2D eigenvalue weighted by Gasteiger charge is 2.72. The van der Waals surface area contributed by atoms with Gasteiger partial charge in [0.1, 0.15) is 12.2 Å². The van der Waals surface area contributed by atoms with Crippen molar-refractivity contribution in [3.05, 3.63) is 11.1 Å². The highest BCUT2D eigenvalue weighted by Crippen LogP contribution is 2.78. The molecule has 0 aromatic rings. The van der Waals surface area contributed by atoms with E-state index in [1.54, 1.807) is 6.92 Å². The van der Waals surface area contributed by atoms with Crippen LogP contribution in [-0.4, -0.2) is 35.4 Å². The number of cyclic esters (lactones) is 1. The van der Waals surface area contributed by atoms with E-state index in [1.165, 1.54) is 38.5 Å². The fourth-order valence-corrected chi connectivity index (χ4v) is 11.3. The molecular weight excluding hydrogens is 452 g/mol. The van der Waals surface area contributed by atoms with Gasteiger partial charge in [0.25, 0.3) is 0 Å². The van der Waals surface area contributed by atoms with E-state index in [4.69, 9.17) is 9.47 Å². The summed E-state index contributed by atoms with van der Waals surface area (Å²) < 4.78 is 12.1. The monoisotopic (exact) mass is 498 g/mol. The molecule has 4 fully saturated rings. The third kappa shape index (κ3) is 3.10. The summed E-state index contributed by atoms with van der Waals surface area (Å²) in [5.41, 5.74) is 2.27. The van der Waals surface area contributed by atoms with Crippen LogP contribution in [0.15, 0.2) is 11.1 Å². The molecule has 0 bridgehead atoms. The maximum Gasteiger partial charge on any atom is 0.335 e. The lowest BCUT2D eigenvalue weighted by molar-refractivity contribution is -0.223. The van der Waals surface area contributed by atoms with Gasteiger partial charge >= 0.3 is 11.9 Å². The van der Waals surface area contributed by atoms with E-state index in [0.717, 1.165) is 42.2 Å². The topological polar surface area (TPSA) is 72.8 Å². The molecule has 1 unspecified atom stereocenters. The molecular formula is C31H46O5. The Bertz CT molecular complexity index is 1010. The summed E-state index contributed by atoms with van der Waals surface area (Å²) in [6, 6.07) is 0. The molecule has 5 heteroatoms. The van der Waals surface area contributed by atoms with Gasteiger partial charge in [-0.2, -0.15) is 0 Å². The fourth-order valence-electron chi connectivity index (χ4n) is 11.3. The third-order valence-corrected chi connectivity index (χ3v) is 12.8. The van der Waals surface area contributed by atoms with Gasteiger partial charge in [-0.15, -0.1) is 0 Å². The van der Waals surface area contributed by atoms with Crippen LogP contribution in [0.1, 0.15) is 106 Å². The number of hydrogen-bond donors (Lipinski definition) is 1. The molecule has 0 radical (unpaired) electrons. The number of rotatable bonds is 3. The average molecular weight is 499 g/mol. The van der Waals surface area contributed by atoms with Crippen molar-refractivity contribution in [2.75, 3.05) is 0 Å². The number of ether oxygens (including phenoxy) is 2. The molecule has 6 rings (SSSR count). The van der Waals surface area contributed by atoms with Gasteiger partial charge in [0, 0.05) is 11.0 Å². The standard InChI is InChI=1S/C31H46O5/c1-17-16-31(17)12-7-11-28(4)22(31)10-13-29(5)21-9-8-20-19(3)35-27(34)26(20)30(21,6)24(15-23(28)29)36-25(33)14-18(2)32/h17-19,21-24,32H,7-16H2,1-6H3/t17-,18?,19-,21-,22+,23+,24-,28-,29-,30+,31-/m0/s1. The number of fused-ring (bicyclic) bond motifs is 7. The number of aliphatic hydroxyl groups is 1. The minimum absolute atomic E-state index is 0.00749. The van der Waals surface area contributed by atoms with Gasteiger partial charge in [-0.3, -0.25) is 4.79 Å². The van der Waals surface area contributed by atoms with Crippen LogP contribution in [0, 0.1) is 45.3 Å². The quantitative estimate of drug-likeness (QED) is 0.485. The number of aliphatic hydroxyl groups excluding tert-OH is 1. The lowest BCUT2D eigenvalue weighted by Crippen LogP contribution is -2.65. The van der Waals surface area contributed by atoms with Gasteiger partial charge < -0.3 is 14.6 Å². The Morgan fingerprint density at radius 2 is 1.78 bits per heavy atom. The van der Waals surface area contributed by atoms with E-state index < -0.39 is 11.5 Å². The predicted molar refractivity (Wildman–Crippen MR) is 137 cm³/mol. The van der Waals surface area contributed by atoms with Gasteiger partial charge in [0.05, 0.1) is 12.5 Å². The minimum Gasteiger partial charge on any atom is -0.461 e. The maximum absolute atomic E-state index is 13.3. The number of carbonyl (C=O) groups excluding carboxylic acids is 2. The van der Waals surface area contributed by atoms with Crippen molar-refractivity contribution in [1.29, 1.82) is 0 Å². The second-order valence-electron chi connectivity index (χ2n) is 14.4. The molecule has 1 heterocycles. The molecule has 4 saturated carbocycles. The van der Waals surface area contributed by atoms with Crippen molar-refractivity contribution in [2.45, 2.75) is 124 Å². The predicted octanol–water partition coefficient (Wildman–Crippen LogP) is 5.98. The van der Waals surface area contributed by atoms with Crippen molar-refractivity contribution < 1.29 is 24.2 Å². The van der Waals surface area contributed by atoms with E-state index in [2.05, 4.69) is 27.7 Å². The second kappa shape index (κ2) is 7.83. The Morgan fingerprint density at radius 3 is 2.44 bits per heavy atom. The van der Waals surface area contributed by atoms with Crippen molar-refractivity contribution in [1.82, 2.24) is 0 Å². The van der Waals surface area contributed by atoms with Crippen molar-refractivity contribution >= 4 is 11.9 Å². The molecule has 0 aromatic carbocycles. The molecule has 1 aliphatic heterocycles. The molecule has 1 spiro atoms. The van der Waals surface area contributed by atoms with E-state index in [-0.39, 0.29) is 47.3 Å². The second-order valence-corrected chi connectivity index (χ2v) is 14.4. The molecule has 11 atom stereocenters. The van der Waals surface area contributed by atoms with Crippen LogP contribution >= 0.6 is 0 Å². The first-order valence-corrected chi connectivity index (χ1v) is 14.7. The number of carbonyl (C=O) groups is 2. The molecule has 0 aromatic heterocycles. The third-order valence-electron chi connectivity index (χ3n) is 12.8. The molecule has 1 N–H and O–H groups in total. The van der Waals surface area contributed by atoms with Gasteiger partial charge in [0.2, 0.25) is 0 Å². The van der Waals surface area contributed by atoms with Crippen molar-refractivity contribution in [3.8, 4) is 0 Å². The largest absolute Gasteiger partial charge is 0.461 e. The Kier molecular flexibility index (Phi) is 5.43. The van der Waals surface area contributed by atoms with Crippen molar-refractivity contribution in [2.24, 2.45) is 45.3 Å². The summed E-state index contributed by atoms with van der Waals surface area (Å²) in [4.78, 5) is 26.3. The fraction of sp³-hybridized carbons (Fsp3) is 0.871. The zero-order valence-electron chi connectivity index (χ0n) is 23.2. The van der Waals surface area contributed by atoms with Gasteiger partial charge in [-0.25, -0.2) is 4.79 Å². The van der Waals surface area contributed by atoms with Gasteiger partial charge in [-0.05, 0) is 111 Å². The molecule has 0 saturated heterocycles. The average Bonchev–Trinajstić information content (AvgIpc) is 3.30. The summed E-state index contributed by atoms with van der Waals surface area (Å²) in [6.45, 7) is 13.4. The van der Waals surface area contributed by atoms with Crippen LogP contribution < -0.4 is 0 Å². The van der Waals surface area contributed by atoms with E-state index in [1.807, 2.05) is 6.92 Å². The Morgan fingerprint density at radius 1 is 1.08 bits per heavy atom. The Balaban J connectivity index is 1.45. The molecule has 6 aliphatic rings. The van der Waals surface area contributed by atoms with Gasteiger partial charge in [0.15, 0.2) is 0 Å². The van der Waals surface area contributed by atoms with Crippen LogP contribution in [0.25, 0.3) is 0 Å². The SMILES string of the molecule is CC(O)CC(=O)O[C@H]1C[C@@H]2[C@@]3(C)CCC[C@@]4(C[C@@H]4C)[C@@H]3CC[C@@]2(C)[C@@H]2CCC3=C(C(=O)O[C@H]3C)[C@@]12C. The minimum atomic E-state index is -0.737. The van der Waals surface area contributed by atoms with Gasteiger partial charge in [-0.1, -0.05) is 34.1 Å². The van der Waals surface area contributed by atoms with E-state index in [0.29, 0.717) is 11.3 Å². The molecule has 5 aliphatic carbocycles. The molecule has 5 nitrogen and oxygen atoms in total. The van der Waals surface area contributed by atoms with E-state index in [9.17, 15) is 14.7 Å². The lowest BCUT2D eigenvalue weighted by atomic mass is 9.35.